The van der Waals surface area contributed by atoms with E-state index in [9.17, 15) is 9.18 Å². The molecule has 1 heterocycles. The average molecular weight is 359 g/mol. The number of para-hydroxylation sites is 1. The number of aromatic nitrogens is 1. The minimum absolute atomic E-state index is 0.171. The summed E-state index contributed by atoms with van der Waals surface area (Å²) in [5, 5.41) is 0.982. The van der Waals surface area contributed by atoms with Crippen molar-refractivity contribution in [3.8, 4) is 5.75 Å². The summed E-state index contributed by atoms with van der Waals surface area (Å²) >= 11 is 6.04. The summed E-state index contributed by atoms with van der Waals surface area (Å²) < 4.78 is 18.7. The number of benzene rings is 2. The second-order valence-electron chi connectivity index (χ2n) is 5.64. The lowest BCUT2D eigenvalue weighted by atomic mass is 10.1. The predicted octanol–water partition coefficient (Wildman–Crippen LogP) is 4.31. The molecule has 1 amide bonds. The van der Waals surface area contributed by atoms with Crippen LogP contribution in [0.1, 0.15) is 15.9 Å². The number of pyridine rings is 1. The number of ether oxygens (including phenoxy) is 1. The van der Waals surface area contributed by atoms with Crippen LogP contribution in [0.15, 0.2) is 48.5 Å². The standard InChI is InChI=1S/C19H16ClFN2O2/c1-23(11-12-7-8-17(25-2)15(21)9-12)19(24)14-10-18(20)22-16-6-4-3-5-13(14)16/h3-10H,11H2,1-2H3. The van der Waals surface area contributed by atoms with E-state index in [2.05, 4.69) is 4.98 Å². The van der Waals surface area contributed by atoms with E-state index in [4.69, 9.17) is 16.3 Å². The zero-order valence-electron chi connectivity index (χ0n) is 13.8. The van der Waals surface area contributed by atoms with Gasteiger partial charge < -0.3 is 9.64 Å². The molecular formula is C19H16ClFN2O2. The van der Waals surface area contributed by atoms with E-state index >= 15 is 0 Å². The zero-order valence-corrected chi connectivity index (χ0v) is 14.5. The Morgan fingerprint density at radius 1 is 1.24 bits per heavy atom. The Bertz CT molecular complexity index is 946. The summed E-state index contributed by atoms with van der Waals surface area (Å²) in [5.41, 5.74) is 1.79. The third-order valence-electron chi connectivity index (χ3n) is 3.90. The SMILES string of the molecule is COc1ccc(CN(C)C(=O)c2cc(Cl)nc3ccccc23)cc1F. The molecule has 2 aromatic carbocycles. The Labute approximate surface area is 149 Å². The number of fused-ring (bicyclic) bond motifs is 1. The molecule has 0 aliphatic rings. The Balaban J connectivity index is 1.89. The monoisotopic (exact) mass is 358 g/mol. The normalized spacial score (nSPS) is 10.7. The molecule has 0 atom stereocenters. The van der Waals surface area contributed by atoms with Crippen LogP contribution in [0.4, 0.5) is 4.39 Å². The zero-order chi connectivity index (χ0) is 18.0. The van der Waals surface area contributed by atoms with Gasteiger partial charge in [0, 0.05) is 19.0 Å². The number of nitrogens with zero attached hydrogens (tertiary/aromatic N) is 2. The molecule has 0 radical (unpaired) electrons. The fourth-order valence-electron chi connectivity index (χ4n) is 2.68. The summed E-state index contributed by atoms with van der Waals surface area (Å²) in [6.45, 7) is 0.258. The molecule has 0 saturated heterocycles. The highest BCUT2D eigenvalue weighted by atomic mass is 35.5. The molecule has 25 heavy (non-hydrogen) atoms. The maximum Gasteiger partial charge on any atom is 0.254 e. The number of hydrogen-bond acceptors (Lipinski definition) is 3. The Kier molecular flexibility index (Phi) is 4.86. The van der Waals surface area contributed by atoms with Crippen LogP contribution in [0.2, 0.25) is 5.15 Å². The van der Waals surface area contributed by atoms with Crippen LogP contribution in [-0.2, 0) is 6.54 Å². The molecule has 6 heteroatoms. The first-order valence-electron chi connectivity index (χ1n) is 7.63. The van der Waals surface area contributed by atoms with Gasteiger partial charge in [0.15, 0.2) is 11.6 Å². The molecule has 0 N–H and O–H groups in total. The van der Waals surface area contributed by atoms with Crippen molar-refractivity contribution < 1.29 is 13.9 Å². The van der Waals surface area contributed by atoms with Gasteiger partial charge in [0.1, 0.15) is 5.15 Å². The fourth-order valence-corrected chi connectivity index (χ4v) is 2.88. The molecule has 0 saturated carbocycles. The molecule has 1 aromatic heterocycles. The number of methoxy groups -OCH3 is 1. The molecule has 4 nitrogen and oxygen atoms in total. The molecule has 0 bridgehead atoms. The first-order valence-corrected chi connectivity index (χ1v) is 8.00. The van der Waals surface area contributed by atoms with Gasteiger partial charge in [-0.05, 0) is 29.8 Å². The number of carbonyl (C=O) groups excluding carboxylic acids is 1. The molecule has 3 rings (SSSR count). The molecule has 3 aromatic rings. The third-order valence-corrected chi connectivity index (χ3v) is 4.09. The van der Waals surface area contributed by atoms with Crippen molar-refractivity contribution in [2.75, 3.05) is 14.2 Å². The number of amides is 1. The van der Waals surface area contributed by atoms with Crippen molar-refractivity contribution in [2.24, 2.45) is 0 Å². The number of rotatable bonds is 4. The number of halogens is 2. The smallest absolute Gasteiger partial charge is 0.254 e. The van der Waals surface area contributed by atoms with Crippen molar-refractivity contribution in [3.63, 3.8) is 0 Å². The van der Waals surface area contributed by atoms with Crippen molar-refractivity contribution in [1.29, 1.82) is 0 Å². The highest BCUT2D eigenvalue weighted by Crippen LogP contribution is 2.23. The minimum atomic E-state index is -0.460. The first kappa shape index (κ1) is 17.2. The van der Waals surface area contributed by atoms with E-state index in [-0.39, 0.29) is 23.4 Å². The molecule has 0 aliphatic carbocycles. The second kappa shape index (κ2) is 7.07. The van der Waals surface area contributed by atoms with Crippen LogP contribution in [0, 0.1) is 5.82 Å². The van der Waals surface area contributed by atoms with E-state index in [0.29, 0.717) is 16.6 Å². The van der Waals surface area contributed by atoms with Gasteiger partial charge in [0.2, 0.25) is 0 Å². The summed E-state index contributed by atoms with van der Waals surface area (Å²) in [5.74, 6) is -0.500. The third kappa shape index (κ3) is 3.56. The fraction of sp³-hybridized carbons (Fsp3) is 0.158. The van der Waals surface area contributed by atoms with Gasteiger partial charge in [-0.15, -0.1) is 0 Å². The van der Waals surface area contributed by atoms with E-state index in [1.807, 2.05) is 18.2 Å². The molecule has 0 fully saturated rings. The largest absolute Gasteiger partial charge is 0.494 e. The van der Waals surface area contributed by atoms with Crippen LogP contribution in [-0.4, -0.2) is 29.9 Å². The molecule has 0 spiro atoms. The molecule has 128 valence electrons. The number of carbonyl (C=O) groups is 1. The van der Waals surface area contributed by atoms with Crippen LogP contribution < -0.4 is 4.74 Å². The number of hydrogen-bond donors (Lipinski definition) is 0. The van der Waals surface area contributed by atoms with E-state index in [1.54, 1.807) is 31.3 Å². The topological polar surface area (TPSA) is 42.4 Å². The first-order chi connectivity index (χ1) is 12.0. The van der Waals surface area contributed by atoms with Crippen LogP contribution >= 0.6 is 11.6 Å². The lowest BCUT2D eigenvalue weighted by Gasteiger charge is -2.19. The minimum Gasteiger partial charge on any atom is -0.494 e. The summed E-state index contributed by atoms with van der Waals surface area (Å²) in [4.78, 5) is 18.6. The van der Waals surface area contributed by atoms with Gasteiger partial charge in [0.25, 0.3) is 5.91 Å². The highest BCUT2D eigenvalue weighted by Gasteiger charge is 2.17. The van der Waals surface area contributed by atoms with Gasteiger partial charge in [-0.25, -0.2) is 9.37 Å². The van der Waals surface area contributed by atoms with Gasteiger partial charge in [-0.2, -0.15) is 0 Å². The second-order valence-corrected chi connectivity index (χ2v) is 6.03. The highest BCUT2D eigenvalue weighted by molar-refractivity contribution is 6.30. The van der Waals surface area contributed by atoms with Crippen LogP contribution in [0.25, 0.3) is 10.9 Å². The quantitative estimate of drug-likeness (QED) is 0.653. The summed E-state index contributed by atoms with van der Waals surface area (Å²) in [6.07, 6.45) is 0. The van der Waals surface area contributed by atoms with Gasteiger partial charge in [-0.1, -0.05) is 35.9 Å². The van der Waals surface area contributed by atoms with Crippen molar-refractivity contribution >= 4 is 28.4 Å². The Hall–Kier alpha value is -2.66. The molecule has 0 unspecified atom stereocenters. The maximum atomic E-state index is 13.8. The van der Waals surface area contributed by atoms with Gasteiger partial charge in [0.05, 0.1) is 18.2 Å². The van der Waals surface area contributed by atoms with Crippen LogP contribution in [0.5, 0.6) is 5.75 Å². The van der Waals surface area contributed by atoms with Crippen molar-refractivity contribution in [2.45, 2.75) is 6.54 Å². The Morgan fingerprint density at radius 2 is 2.00 bits per heavy atom. The van der Waals surface area contributed by atoms with Gasteiger partial charge in [-0.3, -0.25) is 4.79 Å². The predicted molar refractivity (Wildman–Crippen MR) is 95.5 cm³/mol. The maximum absolute atomic E-state index is 13.8. The molecular weight excluding hydrogens is 343 g/mol. The van der Waals surface area contributed by atoms with Crippen molar-refractivity contribution in [1.82, 2.24) is 9.88 Å². The van der Waals surface area contributed by atoms with Crippen molar-refractivity contribution in [3.05, 3.63) is 70.6 Å². The lowest BCUT2D eigenvalue weighted by Crippen LogP contribution is -2.26. The lowest BCUT2D eigenvalue weighted by molar-refractivity contribution is 0.0787. The summed E-state index contributed by atoms with van der Waals surface area (Å²) in [6, 6.07) is 13.5. The van der Waals surface area contributed by atoms with E-state index < -0.39 is 5.82 Å². The average Bonchev–Trinajstić information content (AvgIpc) is 2.60. The molecule has 0 aliphatic heterocycles. The van der Waals surface area contributed by atoms with E-state index in [1.165, 1.54) is 18.1 Å². The van der Waals surface area contributed by atoms with Gasteiger partial charge >= 0.3 is 0 Å². The van der Waals surface area contributed by atoms with E-state index in [0.717, 1.165) is 5.39 Å². The Morgan fingerprint density at radius 3 is 2.72 bits per heavy atom. The van der Waals surface area contributed by atoms with Crippen LogP contribution in [0.3, 0.4) is 0 Å². The summed E-state index contributed by atoms with van der Waals surface area (Å²) in [7, 11) is 3.07.